The first-order valence-corrected chi connectivity index (χ1v) is 12.7. The van der Waals surface area contributed by atoms with Crippen LogP contribution in [-0.2, 0) is 0 Å². The summed E-state index contributed by atoms with van der Waals surface area (Å²) >= 11 is 0. The lowest BCUT2D eigenvalue weighted by atomic mass is 9.95. The van der Waals surface area contributed by atoms with Crippen molar-refractivity contribution >= 4 is 27.5 Å². The number of hydrogen-bond donors (Lipinski definition) is 2. The molecule has 2 aliphatic heterocycles. The summed E-state index contributed by atoms with van der Waals surface area (Å²) in [5, 5.41) is 15.2. The molecule has 2 fully saturated rings. The number of hydrogen-bond acceptors (Lipinski definition) is 7. The van der Waals surface area contributed by atoms with Crippen molar-refractivity contribution in [3.8, 4) is 35.2 Å². The summed E-state index contributed by atoms with van der Waals surface area (Å²) in [4.78, 5) is 16.0. The Morgan fingerprint density at radius 1 is 1.11 bits per heavy atom. The molecule has 194 valence electrons. The summed E-state index contributed by atoms with van der Waals surface area (Å²) in [7, 11) is 0. The Labute approximate surface area is 218 Å². The third-order valence-electron chi connectivity index (χ3n) is 7.16. The number of phenols is 1. The predicted octanol–water partition coefficient (Wildman–Crippen LogP) is 4.85. The van der Waals surface area contributed by atoms with Gasteiger partial charge in [0.15, 0.2) is 5.82 Å². The lowest BCUT2D eigenvalue weighted by Gasteiger charge is -2.34. The second-order valence-corrected chi connectivity index (χ2v) is 10.3. The summed E-state index contributed by atoms with van der Waals surface area (Å²) in [6.45, 7) is 6.89. The maximum atomic E-state index is 16.5. The van der Waals surface area contributed by atoms with Crippen LogP contribution in [0.4, 0.5) is 14.6 Å². The minimum atomic E-state index is -0.722. The zero-order valence-electron chi connectivity index (χ0n) is 21.3. The quantitative estimate of drug-likeness (QED) is 0.376. The number of pyridine rings is 1. The first-order valence-electron chi connectivity index (χ1n) is 12.7. The van der Waals surface area contributed by atoms with Gasteiger partial charge in [-0.05, 0) is 57.2 Å². The molecule has 2 unspecified atom stereocenters. The molecule has 9 heteroatoms. The van der Waals surface area contributed by atoms with E-state index in [-0.39, 0.29) is 45.5 Å². The van der Waals surface area contributed by atoms with Crippen LogP contribution in [0.25, 0.3) is 32.9 Å². The molecule has 2 N–H and O–H groups in total. The highest BCUT2D eigenvalue weighted by Gasteiger charge is 2.35. The van der Waals surface area contributed by atoms with Crippen molar-refractivity contribution < 1.29 is 18.6 Å². The Balaban J connectivity index is 1.67. The smallest absolute Gasteiger partial charge is 0.227 e. The van der Waals surface area contributed by atoms with E-state index in [1.54, 1.807) is 6.92 Å². The Morgan fingerprint density at radius 2 is 1.84 bits per heavy atom. The average Bonchev–Trinajstić information content (AvgIpc) is 3.21. The number of piperazine rings is 1. The molecule has 0 spiro atoms. The van der Waals surface area contributed by atoms with Crippen molar-refractivity contribution in [2.75, 3.05) is 18.0 Å². The molecule has 0 saturated carbocycles. The average molecular weight is 516 g/mol. The molecule has 2 atom stereocenters. The minimum Gasteiger partial charge on any atom is -0.508 e. The number of ether oxygens (including phenoxy) is 1. The zero-order valence-corrected chi connectivity index (χ0v) is 21.3. The fourth-order valence-electron chi connectivity index (χ4n) is 5.67. The summed E-state index contributed by atoms with van der Waals surface area (Å²) in [6, 6.07) is 6.17. The molecule has 6 rings (SSSR count). The standard InChI is InChI=1S/C29H27F2N5O2/c1-5-20-22(30)9-6-16-10-19(37)11-21(23(16)20)26-25(31)27-24(29(35-26)38-14(2)3)28(33-15(4)32-27)36-12-17-7-8-18(13-36)34-17/h1,6,9-11,14,17-18,34,37H,7-8,12-13H2,2-4H3. The molecular formula is C29H27F2N5O2. The molecular weight excluding hydrogens is 488 g/mol. The minimum absolute atomic E-state index is 0.0408. The zero-order chi connectivity index (χ0) is 26.7. The van der Waals surface area contributed by atoms with Gasteiger partial charge in [0.2, 0.25) is 5.88 Å². The molecule has 4 heterocycles. The number of fused-ring (bicyclic) bond motifs is 4. The monoisotopic (exact) mass is 515 g/mol. The Kier molecular flexibility index (Phi) is 5.80. The van der Waals surface area contributed by atoms with Gasteiger partial charge in [-0.2, -0.15) is 0 Å². The van der Waals surface area contributed by atoms with Gasteiger partial charge in [-0.25, -0.2) is 23.7 Å². The fourth-order valence-corrected chi connectivity index (χ4v) is 5.67. The summed E-state index contributed by atoms with van der Waals surface area (Å²) in [5.74, 6) is 2.04. The Hall–Kier alpha value is -4.03. The normalized spacial score (nSPS) is 18.9. The van der Waals surface area contributed by atoms with Crippen LogP contribution < -0.4 is 15.0 Å². The Bertz CT molecular complexity index is 1640. The molecule has 38 heavy (non-hydrogen) atoms. The maximum absolute atomic E-state index is 16.5. The molecule has 0 radical (unpaired) electrons. The van der Waals surface area contributed by atoms with Crippen molar-refractivity contribution in [2.24, 2.45) is 0 Å². The van der Waals surface area contributed by atoms with Gasteiger partial charge in [0.1, 0.15) is 39.8 Å². The van der Waals surface area contributed by atoms with Crippen molar-refractivity contribution in [1.82, 2.24) is 20.3 Å². The number of nitrogens with one attached hydrogen (secondary N) is 1. The number of anilines is 1. The number of terminal acetylenes is 1. The second kappa shape index (κ2) is 9.07. The largest absolute Gasteiger partial charge is 0.508 e. The van der Waals surface area contributed by atoms with Crippen LogP contribution in [0.5, 0.6) is 11.6 Å². The van der Waals surface area contributed by atoms with Crippen molar-refractivity contribution in [3.05, 3.63) is 47.3 Å². The molecule has 2 aromatic carbocycles. The fraction of sp³-hybridized carbons (Fsp3) is 0.345. The number of phenolic OH excluding ortho intramolecular Hbond substituents is 1. The van der Waals surface area contributed by atoms with Crippen LogP contribution in [0.1, 0.15) is 38.1 Å². The number of aromatic hydroxyl groups is 1. The van der Waals surface area contributed by atoms with Crippen LogP contribution in [0.2, 0.25) is 0 Å². The second-order valence-electron chi connectivity index (χ2n) is 10.3. The van der Waals surface area contributed by atoms with Crippen LogP contribution in [0.15, 0.2) is 24.3 Å². The van der Waals surface area contributed by atoms with Crippen LogP contribution >= 0.6 is 0 Å². The van der Waals surface area contributed by atoms with Crippen LogP contribution in [-0.4, -0.2) is 51.3 Å². The summed E-state index contributed by atoms with van der Waals surface area (Å²) in [6.07, 6.45) is 7.53. The van der Waals surface area contributed by atoms with E-state index in [4.69, 9.17) is 16.1 Å². The third kappa shape index (κ3) is 3.96. The molecule has 2 aromatic heterocycles. The van der Waals surface area contributed by atoms with E-state index >= 15 is 4.39 Å². The van der Waals surface area contributed by atoms with Gasteiger partial charge in [0.25, 0.3) is 0 Å². The van der Waals surface area contributed by atoms with E-state index in [0.717, 1.165) is 25.9 Å². The third-order valence-corrected chi connectivity index (χ3v) is 7.16. The lowest BCUT2D eigenvalue weighted by Crippen LogP contribution is -2.51. The lowest BCUT2D eigenvalue weighted by molar-refractivity contribution is 0.236. The molecule has 7 nitrogen and oxygen atoms in total. The summed E-state index contributed by atoms with van der Waals surface area (Å²) in [5.41, 5.74) is 0.0224. The highest BCUT2D eigenvalue weighted by atomic mass is 19.1. The summed E-state index contributed by atoms with van der Waals surface area (Å²) < 4.78 is 37.4. The van der Waals surface area contributed by atoms with Crippen LogP contribution in [0.3, 0.4) is 0 Å². The topological polar surface area (TPSA) is 83.4 Å². The number of benzene rings is 2. The Morgan fingerprint density at radius 3 is 2.53 bits per heavy atom. The van der Waals surface area contributed by atoms with E-state index in [2.05, 4.69) is 26.1 Å². The van der Waals surface area contributed by atoms with E-state index < -0.39 is 11.6 Å². The van der Waals surface area contributed by atoms with E-state index in [1.807, 2.05) is 13.8 Å². The van der Waals surface area contributed by atoms with Gasteiger partial charge in [0, 0.05) is 36.1 Å². The van der Waals surface area contributed by atoms with Crippen LogP contribution in [0, 0.1) is 30.9 Å². The maximum Gasteiger partial charge on any atom is 0.227 e. The van der Waals surface area contributed by atoms with Gasteiger partial charge in [-0.1, -0.05) is 12.0 Å². The first-order chi connectivity index (χ1) is 18.2. The predicted molar refractivity (Wildman–Crippen MR) is 142 cm³/mol. The van der Waals surface area contributed by atoms with Gasteiger partial charge >= 0.3 is 0 Å². The molecule has 2 saturated heterocycles. The number of nitrogens with zero attached hydrogens (tertiary/aromatic N) is 4. The SMILES string of the molecule is C#Cc1c(F)ccc2cc(O)cc(-c3nc(OC(C)C)c4c(N5CC6CCC(C5)N6)nc(C)nc4c3F)c12. The van der Waals surface area contributed by atoms with E-state index in [1.165, 1.54) is 24.3 Å². The highest BCUT2D eigenvalue weighted by molar-refractivity contribution is 6.04. The van der Waals surface area contributed by atoms with Gasteiger partial charge in [-0.3, -0.25) is 0 Å². The van der Waals surface area contributed by atoms with Crippen molar-refractivity contribution in [1.29, 1.82) is 0 Å². The number of aryl methyl sites for hydroxylation is 1. The van der Waals surface area contributed by atoms with E-state index in [9.17, 15) is 9.50 Å². The number of halogens is 2. The van der Waals surface area contributed by atoms with Gasteiger partial charge in [-0.15, -0.1) is 6.42 Å². The molecule has 2 bridgehead atoms. The van der Waals surface area contributed by atoms with E-state index in [0.29, 0.717) is 34.5 Å². The highest BCUT2D eigenvalue weighted by Crippen LogP contribution is 2.42. The molecule has 2 aliphatic rings. The first kappa shape index (κ1) is 24.3. The number of aromatic nitrogens is 3. The molecule has 0 amide bonds. The number of rotatable bonds is 4. The van der Waals surface area contributed by atoms with Crippen molar-refractivity contribution in [2.45, 2.75) is 51.8 Å². The molecule has 4 aromatic rings. The van der Waals surface area contributed by atoms with Gasteiger partial charge in [0.05, 0.1) is 11.7 Å². The molecule has 0 aliphatic carbocycles. The van der Waals surface area contributed by atoms with Gasteiger partial charge < -0.3 is 20.1 Å². The van der Waals surface area contributed by atoms with Crippen molar-refractivity contribution in [3.63, 3.8) is 0 Å².